The SMILES string of the molecule is CC(=O)Cc1cccc(C(C)C)c1.CC(C)c1ccc(Br)cc1.CC(C)c1ccc(F)cc1.CC(C)c1cccc(CC(=O)CO)c1.CC(C)c1cccc(CC(N)=O)c1.CC(C)c1cccc(CS(C)(=O)=O)c1.CC(C)c1cccc(N2CCCC2=O)c1.CC(C)c1cccc(N2CCOC2=O)c1.CC(C)c1cccc(N2CCOCC2=O)c1.Cc1ccc(C(C)C)cc1.Cc1ccc(C(C)C)cc1. The number of aliphatic hydroxyl groups excluding tert-OH is 1. The average Bonchev–Trinajstić information content (AvgIpc) is 1.77. The summed E-state index contributed by atoms with van der Waals surface area (Å²) in [7, 11) is -2.92. The minimum absolute atomic E-state index is 0.0483. The Kier molecular flexibility index (Phi) is 54.9. The Hall–Kier alpha value is -11.3. The van der Waals surface area contributed by atoms with Crippen molar-refractivity contribution in [3.05, 3.63) is 372 Å². The number of aliphatic hydroxyl groups is 1. The first kappa shape index (κ1) is 121. The first-order valence-corrected chi connectivity index (χ1v) is 52.4. The number of ether oxygens (including phenoxy) is 2. The quantitative estimate of drug-likeness (QED) is 0.0615. The van der Waals surface area contributed by atoms with Crippen LogP contribution >= 0.6 is 15.9 Å². The lowest BCUT2D eigenvalue weighted by molar-refractivity contribution is -0.126. The molecule has 0 aromatic heterocycles. The van der Waals surface area contributed by atoms with Gasteiger partial charge in [-0.15, -0.1) is 0 Å². The molecule has 0 atom stereocenters. The van der Waals surface area contributed by atoms with Crippen LogP contribution < -0.4 is 20.4 Å². The third kappa shape index (κ3) is 47.8. The maximum absolute atomic E-state index is 12.4. The Bertz CT molecular complexity index is 5310. The molecule has 15 nitrogen and oxygen atoms in total. The number of primary amides is 1. The zero-order valence-electron chi connectivity index (χ0n) is 88.6. The number of ketones is 2. The van der Waals surface area contributed by atoms with Gasteiger partial charge < -0.3 is 30.1 Å². The fourth-order valence-electron chi connectivity index (χ4n) is 14.4. The van der Waals surface area contributed by atoms with E-state index in [0.29, 0.717) is 117 Å². The molecule has 14 rings (SSSR count). The molecule has 4 amide bonds. The summed E-state index contributed by atoms with van der Waals surface area (Å²) < 4.78 is 45.7. The number of nitrogens with two attached hydrogens (primary N) is 1. The van der Waals surface area contributed by atoms with Crippen molar-refractivity contribution in [3.63, 3.8) is 0 Å². The predicted molar refractivity (Wildman–Crippen MR) is 588 cm³/mol. The number of amides is 4. The lowest BCUT2D eigenvalue weighted by Gasteiger charge is -2.27. The number of Topliss-reactive ketones (excluding diaryl/α,β-unsaturated/α-hetero) is 2. The average molecular weight is 1990 g/mol. The van der Waals surface area contributed by atoms with Gasteiger partial charge in [0, 0.05) is 60.1 Å². The van der Waals surface area contributed by atoms with Crippen molar-refractivity contribution >= 4 is 78.2 Å². The van der Waals surface area contributed by atoms with E-state index in [0.717, 1.165) is 56.8 Å². The van der Waals surface area contributed by atoms with E-state index in [1.807, 2.05) is 126 Å². The molecule has 3 aliphatic heterocycles. The Morgan fingerprint density at radius 1 is 0.379 bits per heavy atom. The van der Waals surface area contributed by atoms with Crippen molar-refractivity contribution in [2.24, 2.45) is 5.73 Å². The Labute approximate surface area is 849 Å². The van der Waals surface area contributed by atoms with Crippen LogP contribution in [0.3, 0.4) is 0 Å². The normalized spacial score (nSPS) is 12.6. The van der Waals surface area contributed by atoms with Gasteiger partial charge in [-0.05, 0) is 236 Å². The van der Waals surface area contributed by atoms with Crippen LogP contribution in [0.1, 0.15) is 332 Å². The number of hydrogen-bond donors (Lipinski definition) is 2. The van der Waals surface area contributed by atoms with Crippen molar-refractivity contribution in [3.8, 4) is 0 Å². The first-order chi connectivity index (χ1) is 66.0. The number of aryl methyl sites for hydroxylation is 2. The second-order valence-electron chi connectivity index (χ2n) is 39.4. The number of hydrogen-bond acceptors (Lipinski definition) is 11. The molecule has 756 valence electrons. The number of morpholine rings is 1. The molecule has 0 spiro atoms. The molecule has 11 aromatic rings. The number of sulfone groups is 1. The van der Waals surface area contributed by atoms with E-state index in [2.05, 4.69) is 316 Å². The van der Waals surface area contributed by atoms with E-state index < -0.39 is 9.84 Å². The number of anilines is 3. The summed E-state index contributed by atoms with van der Waals surface area (Å²) >= 11 is 3.39. The van der Waals surface area contributed by atoms with Crippen LogP contribution in [0.2, 0.25) is 0 Å². The molecule has 0 unspecified atom stereocenters. The van der Waals surface area contributed by atoms with Crippen molar-refractivity contribution in [2.45, 2.75) is 276 Å². The van der Waals surface area contributed by atoms with Crippen molar-refractivity contribution < 1.29 is 56.2 Å². The number of benzene rings is 11. The van der Waals surface area contributed by atoms with Crippen LogP contribution in [0.4, 0.5) is 26.2 Å². The first-order valence-electron chi connectivity index (χ1n) is 49.5. The lowest BCUT2D eigenvalue weighted by Crippen LogP contribution is -2.41. The molecule has 3 heterocycles. The second-order valence-corrected chi connectivity index (χ2v) is 42.4. The molecule has 3 N–H and O–H groups in total. The topological polar surface area (TPSA) is 211 Å². The largest absolute Gasteiger partial charge is 0.447 e. The van der Waals surface area contributed by atoms with Gasteiger partial charge in [-0.25, -0.2) is 17.6 Å². The van der Waals surface area contributed by atoms with Crippen LogP contribution in [0.15, 0.2) is 271 Å². The number of rotatable bonds is 23. The molecule has 140 heavy (non-hydrogen) atoms. The maximum Gasteiger partial charge on any atom is 0.414 e. The van der Waals surface area contributed by atoms with Gasteiger partial charge in [0.15, 0.2) is 15.6 Å². The molecule has 3 aliphatic rings. The minimum Gasteiger partial charge on any atom is -0.447 e. The van der Waals surface area contributed by atoms with E-state index in [1.165, 1.54) is 90.7 Å². The zero-order chi connectivity index (χ0) is 104. The van der Waals surface area contributed by atoms with Crippen LogP contribution in [-0.4, -0.2) is 101 Å². The number of cyclic esters (lactones) is 1. The summed E-state index contributed by atoms with van der Waals surface area (Å²) in [4.78, 5) is 72.6. The van der Waals surface area contributed by atoms with E-state index in [9.17, 15) is 41.6 Å². The number of nitrogens with zero attached hydrogens (tertiary/aromatic N) is 3. The van der Waals surface area contributed by atoms with E-state index in [1.54, 1.807) is 16.7 Å². The minimum atomic E-state index is -2.92. The smallest absolute Gasteiger partial charge is 0.414 e. The van der Waals surface area contributed by atoms with E-state index in [-0.39, 0.29) is 60.2 Å². The molecular formula is C122H162BrFN4O11S. The Morgan fingerprint density at radius 3 is 0.986 bits per heavy atom. The third-order valence-corrected chi connectivity index (χ3v) is 24.6. The summed E-state index contributed by atoms with van der Waals surface area (Å²) in [5, 5.41) is 8.63. The van der Waals surface area contributed by atoms with E-state index >= 15 is 0 Å². The van der Waals surface area contributed by atoms with Gasteiger partial charge >= 0.3 is 6.09 Å². The van der Waals surface area contributed by atoms with E-state index in [4.69, 9.17) is 20.3 Å². The Balaban J connectivity index is 0.000000323. The summed E-state index contributed by atoms with van der Waals surface area (Å²) in [6.07, 6.45) is 3.93. The van der Waals surface area contributed by atoms with Crippen molar-refractivity contribution in [1.29, 1.82) is 0 Å². The van der Waals surface area contributed by atoms with Crippen LogP contribution in [-0.2, 0) is 68.3 Å². The summed E-state index contributed by atoms with van der Waals surface area (Å²) in [6, 6.07) is 89.0. The molecule has 0 bridgehead atoms. The van der Waals surface area contributed by atoms with Gasteiger partial charge in [-0.2, -0.15) is 0 Å². The molecule has 3 fully saturated rings. The number of carbonyl (C=O) groups is 6. The van der Waals surface area contributed by atoms with Crippen LogP contribution in [0.25, 0.3) is 0 Å². The highest BCUT2D eigenvalue weighted by atomic mass is 79.9. The maximum atomic E-state index is 12.4. The van der Waals surface area contributed by atoms with Gasteiger partial charge in [0.1, 0.15) is 31.4 Å². The second kappa shape index (κ2) is 63.5. The molecule has 0 aliphatic carbocycles. The lowest BCUT2D eigenvalue weighted by atomic mass is 9.99. The molecule has 18 heteroatoms. The fourth-order valence-corrected chi connectivity index (χ4v) is 15.4. The van der Waals surface area contributed by atoms with Crippen molar-refractivity contribution in [2.75, 3.05) is 67.0 Å². The molecular weight excluding hydrogens is 1830 g/mol. The highest BCUT2D eigenvalue weighted by molar-refractivity contribution is 9.10. The number of halogens is 2. The molecule has 3 saturated heterocycles. The molecule has 0 radical (unpaired) electrons. The van der Waals surface area contributed by atoms with Crippen molar-refractivity contribution in [1.82, 2.24) is 0 Å². The monoisotopic (exact) mass is 1990 g/mol. The van der Waals surface area contributed by atoms with Gasteiger partial charge in [0.25, 0.3) is 5.91 Å². The Morgan fingerprint density at radius 2 is 0.679 bits per heavy atom. The summed E-state index contributed by atoms with van der Waals surface area (Å²) in [5.74, 6) is 5.93. The third-order valence-electron chi connectivity index (χ3n) is 23.2. The van der Waals surface area contributed by atoms with Gasteiger partial charge in [0.05, 0.1) is 25.3 Å². The van der Waals surface area contributed by atoms with Gasteiger partial charge in [-0.1, -0.05) is 386 Å². The van der Waals surface area contributed by atoms with Crippen LogP contribution in [0.5, 0.6) is 0 Å². The number of carbonyl (C=O) groups excluding carboxylic acids is 6. The predicted octanol–water partition coefficient (Wildman–Crippen LogP) is 29.7. The van der Waals surface area contributed by atoms with Gasteiger partial charge in [-0.3, -0.25) is 28.9 Å². The highest BCUT2D eigenvalue weighted by Crippen LogP contribution is 2.30. The zero-order valence-corrected chi connectivity index (χ0v) is 91.0. The molecule has 11 aromatic carbocycles. The summed E-state index contributed by atoms with van der Waals surface area (Å²) in [6.45, 7) is 56.3. The summed E-state index contributed by atoms with van der Waals surface area (Å²) in [5.41, 5.74) is 28.9. The highest BCUT2D eigenvalue weighted by Gasteiger charge is 2.25. The van der Waals surface area contributed by atoms with Crippen LogP contribution in [0, 0.1) is 19.7 Å². The molecule has 0 saturated carbocycles. The standard InChI is InChI=1S/C13H17NO2.C13H17NO.C12H15NO2.C12H16O2.C12H16O.C11H15NO.C11H16O2S.2C10H14.C9H11Br.C9H11F/c1-10(2)11-4-3-5-12(8-11)14-6-7-16-9-13(14)15;1-10(2)11-5-3-6-12(9-11)14-8-4-7-13(14)15;1-9(2)10-4-3-5-11(8-10)13-6-7-15-12(13)14;1-9(2)11-5-3-4-10(6-11)7-12(14)8-13;1-9(2)12-6-4-5-11(8-12)7-10(3)13;1-8(2)10-5-3-4-9(6-10)7-11(12)13;1-9(2)11-6-4-5-10(7-11)8-14(3,12)13;2*1-8(2)10-6-4-9(3)5-7-10;2*1-7(2)8-3-5-9(10)6-4-8/h3-5,8,10H,6-7,9H2,1-2H3;3,5-6,9-10H,4,7-8H2,1-2H3;3-5,8-9H,6-7H2,1-2H3;3-6,9,13H,7-8H2,1-2H3;4-6,8-9H,7H2,1-3H3;3-6,8H,7H2,1-2H3,(H2,12,13);4-7,9H,8H2,1-3H3;2*4-8H,1-3H3;2*3-7H,1-2H3. The van der Waals surface area contributed by atoms with Gasteiger partial charge in [0.2, 0.25) is 11.8 Å². The fraction of sp³-hybridized carbons (Fsp3) is 0.410.